The molecule has 1 aliphatic rings. The molecule has 4 aromatic heterocycles. The highest BCUT2D eigenvalue weighted by atomic mass is 15.3. The quantitative estimate of drug-likeness (QED) is 0.434. The zero-order valence-corrected chi connectivity index (χ0v) is 19.4. The molecule has 1 aliphatic carbocycles. The van der Waals surface area contributed by atoms with E-state index >= 15 is 0 Å². The van der Waals surface area contributed by atoms with E-state index in [1.54, 1.807) is 0 Å². The second-order valence-electron chi connectivity index (χ2n) is 8.52. The molecule has 0 atom stereocenters. The number of nitrogens with one attached hydrogen (secondary N) is 1. The highest BCUT2D eigenvalue weighted by Gasteiger charge is 2.27. The van der Waals surface area contributed by atoms with Gasteiger partial charge in [0.15, 0.2) is 5.82 Å². The lowest BCUT2D eigenvalue weighted by molar-refractivity contribution is 0.662. The van der Waals surface area contributed by atoms with Gasteiger partial charge in [-0.2, -0.15) is 15.3 Å². The average molecular weight is 452 g/mol. The monoisotopic (exact) mass is 451 g/mol. The van der Waals surface area contributed by atoms with Crippen molar-refractivity contribution in [3.05, 3.63) is 66.4 Å². The number of rotatable bonds is 5. The minimum absolute atomic E-state index is 0.537. The van der Waals surface area contributed by atoms with Gasteiger partial charge in [-0.05, 0) is 30.9 Å². The first-order chi connectivity index (χ1) is 16.6. The van der Waals surface area contributed by atoms with E-state index in [2.05, 4.69) is 51.7 Å². The second kappa shape index (κ2) is 7.95. The second-order valence-corrected chi connectivity index (χ2v) is 8.52. The van der Waals surface area contributed by atoms with E-state index in [4.69, 9.17) is 10.1 Å². The first-order valence-corrected chi connectivity index (χ1v) is 11.4. The van der Waals surface area contributed by atoms with Crippen molar-refractivity contribution >= 4 is 11.8 Å². The maximum atomic E-state index is 4.92. The Labute approximate surface area is 197 Å². The van der Waals surface area contributed by atoms with E-state index in [-0.39, 0.29) is 0 Å². The maximum absolute atomic E-state index is 4.92. The smallest absolute Gasteiger partial charge is 0.228 e. The molecule has 9 nitrogen and oxygen atoms in total. The van der Waals surface area contributed by atoms with Crippen molar-refractivity contribution in [2.45, 2.75) is 26.3 Å². The van der Waals surface area contributed by atoms with Gasteiger partial charge in [0.05, 0.1) is 23.3 Å². The molecule has 5 aromatic rings. The molecular weight excluding hydrogens is 426 g/mol. The highest BCUT2D eigenvalue weighted by molar-refractivity contribution is 5.85. The lowest BCUT2D eigenvalue weighted by Crippen LogP contribution is -2.08. The number of hydrogen-bond acceptors (Lipinski definition) is 6. The van der Waals surface area contributed by atoms with Crippen molar-refractivity contribution < 1.29 is 0 Å². The Morgan fingerprint density at radius 2 is 1.76 bits per heavy atom. The molecule has 170 valence electrons. The normalized spacial score (nSPS) is 12.4. The van der Waals surface area contributed by atoms with Crippen LogP contribution in [0.15, 0.2) is 55.1 Å². The first-order valence-electron chi connectivity index (χ1n) is 11.4. The van der Waals surface area contributed by atoms with Crippen molar-refractivity contribution in [1.82, 2.24) is 39.3 Å². The van der Waals surface area contributed by atoms with Crippen LogP contribution in [-0.2, 0) is 33.5 Å². The Kier molecular flexibility index (Phi) is 4.75. The Morgan fingerprint density at radius 3 is 2.50 bits per heavy atom. The fourth-order valence-corrected chi connectivity index (χ4v) is 4.56. The molecule has 0 amide bonds. The van der Waals surface area contributed by atoms with Crippen LogP contribution < -0.4 is 5.32 Å². The Balaban J connectivity index is 1.39. The largest absolute Gasteiger partial charge is 0.307 e. The molecule has 0 fully saturated rings. The summed E-state index contributed by atoms with van der Waals surface area (Å²) < 4.78 is 5.65. The van der Waals surface area contributed by atoms with Gasteiger partial charge in [-0.15, -0.1) is 0 Å². The standard InChI is InChI=1S/C25H25N9/c1-4-34-12-11-21(31-34)28-25-26-13-18-9-10-20-22(23(18)29-25)24(33(3)30-20)17-7-5-16(6-8-17)19-14-27-32(2)15-19/h5-8,11-15H,4,9-10H2,1-3H3,(H,26,28,29,31). The van der Waals surface area contributed by atoms with E-state index in [0.717, 1.165) is 70.1 Å². The van der Waals surface area contributed by atoms with Gasteiger partial charge in [-0.1, -0.05) is 24.3 Å². The summed E-state index contributed by atoms with van der Waals surface area (Å²) in [5.41, 5.74) is 8.63. The van der Waals surface area contributed by atoms with Crippen molar-refractivity contribution in [1.29, 1.82) is 0 Å². The van der Waals surface area contributed by atoms with Gasteiger partial charge >= 0.3 is 0 Å². The lowest BCUT2D eigenvalue weighted by Gasteiger charge is -2.17. The predicted molar refractivity (Wildman–Crippen MR) is 130 cm³/mol. The third kappa shape index (κ3) is 3.45. The number of anilines is 2. The Morgan fingerprint density at radius 1 is 0.941 bits per heavy atom. The lowest BCUT2D eigenvalue weighted by atomic mass is 9.91. The summed E-state index contributed by atoms with van der Waals surface area (Å²) in [5.74, 6) is 1.27. The summed E-state index contributed by atoms with van der Waals surface area (Å²) in [5, 5.41) is 16.9. The molecule has 0 spiro atoms. The summed E-state index contributed by atoms with van der Waals surface area (Å²) >= 11 is 0. The molecule has 0 saturated carbocycles. The summed E-state index contributed by atoms with van der Waals surface area (Å²) in [7, 11) is 3.93. The number of hydrogen-bond donors (Lipinski definition) is 1. The molecule has 34 heavy (non-hydrogen) atoms. The van der Waals surface area contributed by atoms with E-state index < -0.39 is 0 Å². The van der Waals surface area contributed by atoms with Gasteiger partial charge in [0, 0.05) is 62.0 Å². The van der Waals surface area contributed by atoms with Crippen LogP contribution in [-0.4, -0.2) is 39.3 Å². The fraction of sp³-hybridized carbons (Fsp3) is 0.240. The minimum Gasteiger partial charge on any atom is -0.307 e. The number of fused-ring (bicyclic) bond motifs is 3. The van der Waals surface area contributed by atoms with Gasteiger partial charge in [-0.3, -0.25) is 14.0 Å². The topological polar surface area (TPSA) is 91.3 Å². The van der Waals surface area contributed by atoms with E-state index in [0.29, 0.717) is 5.95 Å². The molecule has 4 heterocycles. The van der Waals surface area contributed by atoms with Crippen molar-refractivity contribution in [3.8, 4) is 33.6 Å². The predicted octanol–water partition coefficient (Wildman–Crippen LogP) is 4.00. The molecule has 0 bridgehead atoms. The van der Waals surface area contributed by atoms with Crippen LogP contribution in [0.3, 0.4) is 0 Å². The summed E-state index contributed by atoms with van der Waals surface area (Å²) in [6.45, 7) is 2.87. The van der Waals surface area contributed by atoms with Gasteiger partial charge in [0.25, 0.3) is 0 Å². The van der Waals surface area contributed by atoms with Gasteiger partial charge in [0.2, 0.25) is 5.95 Å². The molecule has 9 heteroatoms. The van der Waals surface area contributed by atoms with Crippen LogP contribution in [0.25, 0.3) is 33.6 Å². The van der Waals surface area contributed by atoms with Crippen LogP contribution in [0.1, 0.15) is 18.2 Å². The zero-order chi connectivity index (χ0) is 23.2. The molecule has 6 rings (SSSR count). The van der Waals surface area contributed by atoms with Crippen LogP contribution in [0.2, 0.25) is 0 Å². The molecule has 1 N–H and O–H groups in total. The van der Waals surface area contributed by atoms with Gasteiger partial charge < -0.3 is 5.32 Å². The van der Waals surface area contributed by atoms with Crippen molar-refractivity contribution in [3.63, 3.8) is 0 Å². The summed E-state index contributed by atoms with van der Waals surface area (Å²) in [4.78, 5) is 9.46. The molecule has 0 aliphatic heterocycles. The van der Waals surface area contributed by atoms with Crippen LogP contribution in [0, 0.1) is 0 Å². The number of benzene rings is 1. The summed E-state index contributed by atoms with van der Waals surface area (Å²) in [6.07, 6.45) is 9.52. The van der Waals surface area contributed by atoms with Crippen molar-refractivity contribution in [2.24, 2.45) is 14.1 Å². The number of aryl methyl sites for hydroxylation is 5. The SMILES string of the molecule is CCn1ccc(Nc2ncc3c(n2)-c2c(nn(C)c2-c2ccc(-c4cnn(C)c4)cc2)CC3)n1. The Hall–Kier alpha value is -4.27. The molecule has 1 aromatic carbocycles. The average Bonchev–Trinajstić information content (AvgIpc) is 3.57. The van der Waals surface area contributed by atoms with Crippen LogP contribution >= 0.6 is 0 Å². The van der Waals surface area contributed by atoms with Gasteiger partial charge in [-0.25, -0.2) is 9.97 Å². The molecular formula is C25H25N9. The third-order valence-electron chi connectivity index (χ3n) is 6.25. The Bertz CT molecular complexity index is 1490. The fourth-order valence-electron chi connectivity index (χ4n) is 4.56. The zero-order valence-electron chi connectivity index (χ0n) is 19.4. The van der Waals surface area contributed by atoms with Gasteiger partial charge in [0.1, 0.15) is 0 Å². The third-order valence-corrected chi connectivity index (χ3v) is 6.25. The molecule has 0 unspecified atom stereocenters. The first kappa shape index (κ1) is 20.3. The number of nitrogens with zero attached hydrogens (tertiary/aromatic N) is 8. The minimum atomic E-state index is 0.537. The molecule has 0 radical (unpaired) electrons. The highest BCUT2D eigenvalue weighted by Crippen LogP contribution is 2.40. The summed E-state index contributed by atoms with van der Waals surface area (Å²) in [6, 6.07) is 10.5. The number of aromatic nitrogens is 8. The van der Waals surface area contributed by atoms with Crippen LogP contribution in [0.5, 0.6) is 0 Å². The van der Waals surface area contributed by atoms with Crippen molar-refractivity contribution in [2.75, 3.05) is 5.32 Å². The van der Waals surface area contributed by atoms with E-state index in [9.17, 15) is 0 Å². The van der Waals surface area contributed by atoms with E-state index in [1.807, 2.05) is 59.0 Å². The van der Waals surface area contributed by atoms with Crippen LogP contribution in [0.4, 0.5) is 11.8 Å². The molecule has 0 saturated heterocycles. The van der Waals surface area contributed by atoms with E-state index in [1.165, 1.54) is 0 Å². The maximum Gasteiger partial charge on any atom is 0.228 e.